The van der Waals surface area contributed by atoms with Gasteiger partial charge in [0.2, 0.25) is 0 Å². The molecule has 1 atom stereocenters. The number of rotatable bonds is 7. The number of nitrogens with zero attached hydrogens (tertiary/aromatic N) is 3. The van der Waals surface area contributed by atoms with Crippen LogP contribution in [0, 0.1) is 0 Å². The minimum atomic E-state index is 0.155. The van der Waals surface area contributed by atoms with Gasteiger partial charge in [-0.3, -0.25) is 4.90 Å². The average molecular weight is 314 g/mol. The molecule has 1 fully saturated rings. The first-order valence-electron chi connectivity index (χ1n) is 7.93. The average Bonchev–Trinajstić information content (AvgIpc) is 2.62. The fourth-order valence-electron chi connectivity index (χ4n) is 2.53. The lowest BCUT2D eigenvalue weighted by Crippen LogP contribution is -2.46. The molecule has 1 aliphatic rings. The van der Waals surface area contributed by atoms with Crippen LogP contribution in [-0.2, 0) is 4.74 Å². The van der Waals surface area contributed by atoms with Crippen molar-refractivity contribution in [3.63, 3.8) is 0 Å². The number of benzene rings is 1. The smallest absolute Gasteiger partial charge is 0.148 e. The molecule has 0 saturated carbocycles. The molecular formula is C17H22N4O2. The highest BCUT2D eigenvalue weighted by atomic mass is 16.5. The number of morpholine rings is 1. The number of aromatic nitrogens is 2. The lowest BCUT2D eigenvalue weighted by molar-refractivity contribution is -0.0242. The first-order valence-corrected chi connectivity index (χ1v) is 7.93. The molecule has 2 heterocycles. The molecule has 122 valence electrons. The summed E-state index contributed by atoms with van der Waals surface area (Å²) in [5, 5.41) is 11.1. The molecule has 6 heteroatoms. The predicted molar refractivity (Wildman–Crippen MR) is 88.6 cm³/mol. The van der Waals surface area contributed by atoms with Crippen LogP contribution in [-0.4, -0.2) is 60.6 Å². The van der Waals surface area contributed by atoms with Crippen LogP contribution in [0.15, 0.2) is 48.7 Å². The summed E-state index contributed by atoms with van der Waals surface area (Å²) in [5.74, 6) is 1.70. The fraction of sp³-hybridized carbons (Fsp3) is 0.412. The Kier molecular flexibility index (Phi) is 5.77. The third-order valence-electron chi connectivity index (χ3n) is 3.73. The van der Waals surface area contributed by atoms with Gasteiger partial charge in [-0.1, -0.05) is 18.2 Å². The highest BCUT2D eigenvalue weighted by Crippen LogP contribution is 2.10. The zero-order chi connectivity index (χ0) is 15.7. The Labute approximate surface area is 136 Å². The molecule has 0 radical (unpaired) electrons. The van der Waals surface area contributed by atoms with E-state index >= 15 is 0 Å². The molecule has 1 aromatic carbocycles. The Morgan fingerprint density at radius 1 is 1.22 bits per heavy atom. The molecule has 0 bridgehead atoms. The van der Waals surface area contributed by atoms with Crippen LogP contribution in [0.1, 0.15) is 0 Å². The first-order chi connectivity index (χ1) is 11.4. The molecule has 0 unspecified atom stereocenters. The van der Waals surface area contributed by atoms with Crippen molar-refractivity contribution in [2.24, 2.45) is 0 Å². The Morgan fingerprint density at radius 2 is 2.13 bits per heavy atom. The maximum Gasteiger partial charge on any atom is 0.148 e. The first kappa shape index (κ1) is 15.7. The van der Waals surface area contributed by atoms with Crippen LogP contribution in [0.4, 0.5) is 5.82 Å². The molecule has 1 N–H and O–H groups in total. The minimum Gasteiger partial charge on any atom is -0.492 e. The Bertz CT molecular complexity index is 567. The van der Waals surface area contributed by atoms with Crippen molar-refractivity contribution in [3.05, 3.63) is 48.7 Å². The number of para-hydroxylation sites is 1. The van der Waals surface area contributed by atoms with Gasteiger partial charge < -0.3 is 14.8 Å². The molecule has 0 spiro atoms. The van der Waals surface area contributed by atoms with Crippen LogP contribution >= 0.6 is 0 Å². The highest BCUT2D eigenvalue weighted by Gasteiger charge is 2.20. The van der Waals surface area contributed by atoms with E-state index in [9.17, 15) is 0 Å². The highest BCUT2D eigenvalue weighted by molar-refractivity contribution is 5.31. The standard InChI is InChI=1S/C17H22N4O2/c1-2-5-15(6-3-1)22-11-9-21-10-12-23-16(14-21)13-18-17-7-4-8-19-20-17/h1-8,16H,9-14H2,(H,18,20)/t16-/m0/s1. The maximum absolute atomic E-state index is 5.80. The van der Waals surface area contributed by atoms with E-state index in [1.54, 1.807) is 6.20 Å². The summed E-state index contributed by atoms with van der Waals surface area (Å²) in [6.45, 7) is 4.91. The van der Waals surface area contributed by atoms with Crippen molar-refractivity contribution in [2.75, 3.05) is 44.7 Å². The van der Waals surface area contributed by atoms with E-state index in [0.717, 1.165) is 44.4 Å². The maximum atomic E-state index is 5.80. The molecule has 2 aromatic rings. The van der Waals surface area contributed by atoms with Gasteiger partial charge in [0.1, 0.15) is 18.2 Å². The normalized spacial score (nSPS) is 18.5. The number of anilines is 1. The van der Waals surface area contributed by atoms with Gasteiger partial charge in [-0.2, -0.15) is 5.10 Å². The van der Waals surface area contributed by atoms with E-state index in [1.165, 1.54) is 0 Å². The predicted octanol–water partition coefficient (Wildman–Crippen LogP) is 1.67. The molecule has 0 amide bonds. The van der Waals surface area contributed by atoms with E-state index in [4.69, 9.17) is 9.47 Å². The third-order valence-corrected chi connectivity index (χ3v) is 3.73. The van der Waals surface area contributed by atoms with Crippen molar-refractivity contribution in [1.82, 2.24) is 15.1 Å². The zero-order valence-corrected chi connectivity index (χ0v) is 13.1. The summed E-state index contributed by atoms with van der Waals surface area (Å²) in [6.07, 6.45) is 1.82. The van der Waals surface area contributed by atoms with Gasteiger partial charge in [0, 0.05) is 32.4 Å². The second-order valence-electron chi connectivity index (χ2n) is 5.44. The SMILES string of the molecule is c1ccc(OCCN2CCO[C@@H](CNc3cccnn3)C2)cc1. The van der Waals surface area contributed by atoms with Gasteiger partial charge in [0.15, 0.2) is 0 Å². The summed E-state index contributed by atoms with van der Waals surface area (Å²) in [7, 11) is 0. The topological polar surface area (TPSA) is 59.5 Å². The van der Waals surface area contributed by atoms with Gasteiger partial charge >= 0.3 is 0 Å². The Morgan fingerprint density at radius 3 is 2.96 bits per heavy atom. The lowest BCUT2D eigenvalue weighted by atomic mass is 10.2. The minimum absolute atomic E-state index is 0.155. The van der Waals surface area contributed by atoms with E-state index in [-0.39, 0.29) is 6.10 Å². The van der Waals surface area contributed by atoms with E-state index < -0.39 is 0 Å². The molecule has 23 heavy (non-hydrogen) atoms. The molecule has 1 aromatic heterocycles. The lowest BCUT2D eigenvalue weighted by Gasteiger charge is -2.32. The van der Waals surface area contributed by atoms with Crippen LogP contribution < -0.4 is 10.1 Å². The molecule has 1 aliphatic heterocycles. The summed E-state index contributed by atoms with van der Waals surface area (Å²) < 4.78 is 11.6. The number of hydrogen-bond donors (Lipinski definition) is 1. The van der Waals surface area contributed by atoms with E-state index in [0.29, 0.717) is 6.61 Å². The van der Waals surface area contributed by atoms with E-state index in [1.807, 2.05) is 42.5 Å². The molecule has 3 rings (SSSR count). The van der Waals surface area contributed by atoms with Gasteiger partial charge in [0.25, 0.3) is 0 Å². The van der Waals surface area contributed by atoms with Gasteiger partial charge in [-0.05, 0) is 24.3 Å². The van der Waals surface area contributed by atoms with Gasteiger partial charge in [-0.25, -0.2) is 0 Å². The van der Waals surface area contributed by atoms with Crippen molar-refractivity contribution in [1.29, 1.82) is 0 Å². The van der Waals surface area contributed by atoms with Crippen LogP contribution in [0.2, 0.25) is 0 Å². The number of nitrogens with one attached hydrogen (secondary N) is 1. The summed E-state index contributed by atoms with van der Waals surface area (Å²) >= 11 is 0. The molecular weight excluding hydrogens is 292 g/mol. The largest absolute Gasteiger partial charge is 0.492 e. The van der Waals surface area contributed by atoms with Crippen molar-refractivity contribution >= 4 is 5.82 Å². The van der Waals surface area contributed by atoms with Gasteiger partial charge in [-0.15, -0.1) is 5.10 Å². The third kappa shape index (κ3) is 5.19. The van der Waals surface area contributed by atoms with E-state index in [2.05, 4.69) is 20.4 Å². The summed E-state index contributed by atoms with van der Waals surface area (Å²) in [5.41, 5.74) is 0. The van der Waals surface area contributed by atoms with Crippen molar-refractivity contribution in [3.8, 4) is 5.75 Å². The Balaban J connectivity index is 1.38. The number of ether oxygens (including phenoxy) is 2. The number of hydrogen-bond acceptors (Lipinski definition) is 6. The summed E-state index contributed by atoms with van der Waals surface area (Å²) in [6, 6.07) is 13.7. The second-order valence-corrected chi connectivity index (χ2v) is 5.44. The van der Waals surface area contributed by atoms with Crippen LogP contribution in [0.5, 0.6) is 5.75 Å². The van der Waals surface area contributed by atoms with Crippen LogP contribution in [0.25, 0.3) is 0 Å². The monoisotopic (exact) mass is 314 g/mol. The second kappa shape index (κ2) is 8.45. The summed E-state index contributed by atoms with van der Waals surface area (Å²) in [4.78, 5) is 2.37. The van der Waals surface area contributed by atoms with Gasteiger partial charge in [0.05, 0.1) is 12.7 Å². The Hall–Kier alpha value is -2.18. The fourth-order valence-corrected chi connectivity index (χ4v) is 2.53. The molecule has 6 nitrogen and oxygen atoms in total. The molecule has 1 saturated heterocycles. The van der Waals surface area contributed by atoms with Crippen LogP contribution in [0.3, 0.4) is 0 Å². The zero-order valence-electron chi connectivity index (χ0n) is 13.1. The van der Waals surface area contributed by atoms with Crippen molar-refractivity contribution in [2.45, 2.75) is 6.10 Å². The van der Waals surface area contributed by atoms with Crippen molar-refractivity contribution < 1.29 is 9.47 Å². The molecule has 0 aliphatic carbocycles. The quantitative estimate of drug-likeness (QED) is 0.839.